The van der Waals surface area contributed by atoms with E-state index in [1.807, 2.05) is 18.2 Å². The zero-order chi connectivity index (χ0) is 14.6. The fourth-order valence-electron chi connectivity index (χ4n) is 1.92. The van der Waals surface area contributed by atoms with Crippen LogP contribution < -0.4 is 5.32 Å². The highest BCUT2D eigenvalue weighted by Crippen LogP contribution is 2.18. The summed E-state index contributed by atoms with van der Waals surface area (Å²) in [5.41, 5.74) is 0. The van der Waals surface area contributed by atoms with Gasteiger partial charge in [0.1, 0.15) is 0 Å². The Morgan fingerprint density at radius 1 is 1.35 bits per heavy atom. The second-order valence-corrected chi connectivity index (χ2v) is 6.02. The maximum Gasteiger partial charge on any atom is 0.220 e. The van der Waals surface area contributed by atoms with Crippen molar-refractivity contribution in [3.63, 3.8) is 0 Å². The van der Waals surface area contributed by atoms with Crippen molar-refractivity contribution < 1.29 is 9.90 Å². The summed E-state index contributed by atoms with van der Waals surface area (Å²) >= 11 is 1.79. The van der Waals surface area contributed by atoms with Crippen molar-refractivity contribution >= 4 is 17.7 Å². The number of hydrogen-bond donors (Lipinski definition) is 2. The number of amides is 1. The predicted molar refractivity (Wildman–Crippen MR) is 84.9 cm³/mol. The first-order chi connectivity index (χ1) is 9.76. The lowest BCUT2D eigenvalue weighted by molar-refractivity contribution is -0.121. The lowest BCUT2D eigenvalue weighted by Gasteiger charge is -2.14. The van der Waals surface area contributed by atoms with Crippen LogP contribution in [0.1, 0.15) is 32.6 Å². The second-order valence-electron chi connectivity index (χ2n) is 4.86. The molecule has 0 aliphatic heterocycles. The third-order valence-electron chi connectivity index (χ3n) is 3.26. The quantitative estimate of drug-likeness (QED) is 0.515. The number of aliphatic hydroxyl groups is 1. The van der Waals surface area contributed by atoms with Crippen molar-refractivity contribution in [2.75, 3.05) is 18.9 Å². The highest BCUT2D eigenvalue weighted by atomic mass is 32.2. The number of benzene rings is 1. The molecule has 20 heavy (non-hydrogen) atoms. The van der Waals surface area contributed by atoms with E-state index >= 15 is 0 Å². The van der Waals surface area contributed by atoms with Crippen LogP contribution >= 0.6 is 11.8 Å². The van der Waals surface area contributed by atoms with E-state index in [-0.39, 0.29) is 12.5 Å². The molecule has 0 radical (unpaired) electrons. The van der Waals surface area contributed by atoms with Crippen molar-refractivity contribution in [2.24, 2.45) is 5.92 Å². The average Bonchev–Trinajstić information content (AvgIpc) is 2.49. The van der Waals surface area contributed by atoms with Crippen LogP contribution in [0.4, 0.5) is 0 Å². The Bertz CT molecular complexity index is 370. The van der Waals surface area contributed by atoms with Crippen LogP contribution in [0.15, 0.2) is 35.2 Å². The molecular formula is C16H25NO2S. The van der Waals surface area contributed by atoms with Gasteiger partial charge in [0.25, 0.3) is 0 Å². The van der Waals surface area contributed by atoms with Gasteiger partial charge in [0.05, 0.1) is 0 Å². The van der Waals surface area contributed by atoms with E-state index in [4.69, 9.17) is 5.11 Å². The van der Waals surface area contributed by atoms with E-state index in [0.29, 0.717) is 18.9 Å². The zero-order valence-electron chi connectivity index (χ0n) is 12.2. The molecule has 1 aromatic rings. The molecule has 3 nitrogen and oxygen atoms in total. The maximum absolute atomic E-state index is 11.7. The van der Waals surface area contributed by atoms with Crippen LogP contribution in [-0.2, 0) is 4.79 Å². The number of carbonyl (C=O) groups is 1. The fourth-order valence-corrected chi connectivity index (χ4v) is 2.79. The molecule has 1 amide bonds. The summed E-state index contributed by atoms with van der Waals surface area (Å²) in [6.07, 6.45) is 3.23. The standard InChI is InChI=1S/C16H25NO2S/c1-2-14(10-11-18)13-17-16(19)9-6-12-20-15-7-4-3-5-8-15/h3-5,7-8,14,18H,2,6,9-13H2,1H3,(H,17,19). The van der Waals surface area contributed by atoms with E-state index in [1.54, 1.807) is 11.8 Å². The third kappa shape index (κ3) is 7.56. The van der Waals surface area contributed by atoms with E-state index < -0.39 is 0 Å². The second kappa shape index (κ2) is 10.7. The molecule has 1 aromatic carbocycles. The maximum atomic E-state index is 11.7. The summed E-state index contributed by atoms with van der Waals surface area (Å²) in [4.78, 5) is 12.9. The molecule has 0 bridgehead atoms. The topological polar surface area (TPSA) is 49.3 Å². The average molecular weight is 295 g/mol. The first kappa shape index (κ1) is 17.1. The van der Waals surface area contributed by atoms with Crippen LogP contribution in [0.25, 0.3) is 0 Å². The van der Waals surface area contributed by atoms with Gasteiger partial charge in [0, 0.05) is 24.5 Å². The number of nitrogens with one attached hydrogen (secondary N) is 1. The molecule has 1 atom stereocenters. The van der Waals surface area contributed by atoms with Crippen LogP contribution in [-0.4, -0.2) is 29.9 Å². The molecule has 0 aliphatic carbocycles. The van der Waals surface area contributed by atoms with Gasteiger partial charge in [-0.25, -0.2) is 0 Å². The summed E-state index contributed by atoms with van der Waals surface area (Å²) in [6, 6.07) is 10.2. The lowest BCUT2D eigenvalue weighted by Crippen LogP contribution is -2.29. The number of carbonyl (C=O) groups excluding carboxylic acids is 1. The minimum absolute atomic E-state index is 0.120. The molecule has 0 fully saturated rings. The summed E-state index contributed by atoms with van der Waals surface area (Å²) in [5, 5.41) is 11.9. The van der Waals surface area contributed by atoms with Crippen molar-refractivity contribution in [3.05, 3.63) is 30.3 Å². The van der Waals surface area contributed by atoms with Crippen molar-refractivity contribution in [1.29, 1.82) is 0 Å². The van der Waals surface area contributed by atoms with Gasteiger partial charge in [0.15, 0.2) is 0 Å². The zero-order valence-corrected chi connectivity index (χ0v) is 13.0. The molecule has 4 heteroatoms. The molecule has 0 saturated heterocycles. The minimum Gasteiger partial charge on any atom is -0.396 e. The Morgan fingerprint density at radius 2 is 2.10 bits per heavy atom. The Labute approximate surface area is 126 Å². The number of aliphatic hydroxyl groups excluding tert-OH is 1. The first-order valence-electron chi connectivity index (χ1n) is 7.31. The summed E-state index contributed by atoms with van der Waals surface area (Å²) in [7, 11) is 0. The van der Waals surface area contributed by atoms with E-state index in [1.165, 1.54) is 4.90 Å². The monoisotopic (exact) mass is 295 g/mol. The summed E-state index contributed by atoms with van der Waals surface area (Å²) < 4.78 is 0. The van der Waals surface area contributed by atoms with Gasteiger partial charge in [-0.1, -0.05) is 31.5 Å². The van der Waals surface area contributed by atoms with Crippen LogP contribution in [0.2, 0.25) is 0 Å². The molecule has 0 aliphatic rings. The van der Waals surface area contributed by atoms with Gasteiger partial charge >= 0.3 is 0 Å². The Hall–Kier alpha value is -1.00. The molecule has 0 aromatic heterocycles. The molecule has 1 rings (SSSR count). The number of rotatable bonds is 10. The summed E-state index contributed by atoms with van der Waals surface area (Å²) in [5.74, 6) is 1.48. The smallest absolute Gasteiger partial charge is 0.220 e. The lowest BCUT2D eigenvalue weighted by atomic mass is 10.0. The number of thioether (sulfide) groups is 1. The molecule has 1 unspecified atom stereocenters. The van der Waals surface area contributed by atoms with Gasteiger partial charge in [-0.15, -0.1) is 11.8 Å². The Kier molecular flexibility index (Phi) is 9.16. The molecule has 0 saturated carbocycles. The summed E-state index contributed by atoms with van der Waals surface area (Å²) in [6.45, 7) is 2.97. The SMILES string of the molecule is CCC(CCO)CNC(=O)CCCSc1ccccc1. The highest BCUT2D eigenvalue weighted by Gasteiger charge is 2.07. The van der Waals surface area contributed by atoms with Gasteiger partial charge in [0.2, 0.25) is 5.91 Å². The minimum atomic E-state index is 0.120. The van der Waals surface area contributed by atoms with E-state index in [9.17, 15) is 4.79 Å². The van der Waals surface area contributed by atoms with Crippen molar-refractivity contribution in [2.45, 2.75) is 37.5 Å². The predicted octanol–water partition coefficient (Wildman–Crippen LogP) is 3.08. The molecule has 0 spiro atoms. The van der Waals surface area contributed by atoms with Crippen LogP contribution in [0.5, 0.6) is 0 Å². The number of hydrogen-bond acceptors (Lipinski definition) is 3. The fraction of sp³-hybridized carbons (Fsp3) is 0.562. The van der Waals surface area contributed by atoms with Crippen molar-refractivity contribution in [1.82, 2.24) is 5.32 Å². The van der Waals surface area contributed by atoms with E-state index in [0.717, 1.165) is 25.0 Å². The van der Waals surface area contributed by atoms with Gasteiger partial charge in [-0.3, -0.25) is 4.79 Å². The molecule has 2 N–H and O–H groups in total. The Morgan fingerprint density at radius 3 is 2.75 bits per heavy atom. The van der Waals surface area contributed by atoms with E-state index in [2.05, 4.69) is 24.4 Å². The molecule has 0 heterocycles. The largest absolute Gasteiger partial charge is 0.396 e. The van der Waals surface area contributed by atoms with Crippen LogP contribution in [0, 0.1) is 5.92 Å². The first-order valence-corrected chi connectivity index (χ1v) is 8.30. The Balaban J connectivity index is 2.08. The molecule has 112 valence electrons. The van der Waals surface area contributed by atoms with Crippen LogP contribution in [0.3, 0.4) is 0 Å². The van der Waals surface area contributed by atoms with Gasteiger partial charge in [-0.2, -0.15) is 0 Å². The normalized spacial score (nSPS) is 12.1. The third-order valence-corrected chi connectivity index (χ3v) is 4.36. The highest BCUT2D eigenvalue weighted by molar-refractivity contribution is 7.99. The van der Waals surface area contributed by atoms with Gasteiger partial charge in [-0.05, 0) is 36.6 Å². The van der Waals surface area contributed by atoms with Gasteiger partial charge < -0.3 is 10.4 Å². The molecular weight excluding hydrogens is 270 g/mol. The van der Waals surface area contributed by atoms with Crippen molar-refractivity contribution in [3.8, 4) is 0 Å².